The summed E-state index contributed by atoms with van der Waals surface area (Å²) in [5.41, 5.74) is 0.992. The van der Waals surface area contributed by atoms with Crippen molar-refractivity contribution in [1.29, 1.82) is 0 Å². The summed E-state index contributed by atoms with van der Waals surface area (Å²) in [6, 6.07) is 17.3. The second-order valence-electron chi connectivity index (χ2n) is 8.16. The summed E-state index contributed by atoms with van der Waals surface area (Å²) in [5.74, 6) is -1.69. The molecule has 0 saturated heterocycles. The first-order valence-electron chi connectivity index (χ1n) is 11.1. The number of hydrogen-bond donors (Lipinski definition) is 1. The Bertz CT molecular complexity index is 1350. The molecule has 0 fully saturated rings. The SMILES string of the molecule is CNC(=O)[C@H](C)N(Cc1ccccc1F)C(=O)CN(c1ccc(Cl)cc1C)S(=O)(=O)c1ccccc1. The van der Waals surface area contributed by atoms with Gasteiger partial charge in [-0.1, -0.05) is 48.0 Å². The van der Waals surface area contributed by atoms with Gasteiger partial charge in [0.15, 0.2) is 0 Å². The highest BCUT2D eigenvalue weighted by Crippen LogP contribution is 2.29. The fourth-order valence-corrected chi connectivity index (χ4v) is 5.46. The predicted octanol–water partition coefficient (Wildman–Crippen LogP) is 4.15. The van der Waals surface area contributed by atoms with Crippen molar-refractivity contribution in [3.05, 3.63) is 94.8 Å². The normalized spacial score (nSPS) is 12.0. The monoisotopic (exact) mass is 531 g/mol. The number of hydrogen-bond acceptors (Lipinski definition) is 4. The average Bonchev–Trinajstić information content (AvgIpc) is 2.86. The van der Waals surface area contributed by atoms with Crippen molar-refractivity contribution in [3.8, 4) is 0 Å². The van der Waals surface area contributed by atoms with Gasteiger partial charge >= 0.3 is 0 Å². The lowest BCUT2D eigenvalue weighted by atomic mass is 10.1. The molecule has 0 saturated carbocycles. The number of carbonyl (C=O) groups is 2. The lowest BCUT2D eigenvalue weighted by molar-refractivity contribution is -0.139. The van der Waals surface area contributed by atoms with Gasteiger partial charge in [0, 0.05) is 24.2 Å². The largest absolute Gasteiger partial charge is 0.357 e. The maximum atomic E-state index is 14.4. The van der Waals surface area contributed by atoms with Crippen LogP contribution in [0.25, 0.3) is 0 Å². The smallest absolute Gasteiger partial charge is 0.264 e. The van der Waals surface area contributed by atoms with Crippen LogP contribution >= 0.6 is 11.6 Å². The topological polar surface area (TPSA) is 86.8 Å². The molecule has 7 nitrogen and oxygen atoms in total. The number of likely N-dealkylation sites (N-methyl/N-ethyl adjacent to an activating group) is 1. The Hall–Kier alpha value is -3.43. The Morgan fingerprint density at radius 1 is 1.03 bits per heavy atom. The summed E-state index contributed by atoms with van der Waals surface area (Å²) >= 11 is 6.08. The van der Waals surface area contributed by atoms with Crippen molar-refractivity contribution in [3.63, 3.8) is 0 Å². The van der Waals surface area contributed by atoms with E-state index in [9.17, 15) is 22.4 Å². The predicted molar refractivity (Wildman–Crippen MR) is 138 cm³/mol. The molecule has 2 amide bonds. The van der Waals surface area contributed by atoms with Gasteiger partial charge in [0.2, 0.25) is 11.8 Å². The second-order valence-corrected chi connectivity index (χ2v) is 10.5. The van der Waals surface area contributed by atoms with Crippen LogP contribution in [-0.4, -0.2) is 44.8 Å². The van der Waals surface area contributed by atoms with Crippen LogP contribution in [0, 0.1) is 12.7 Å². The van der Waals surface area contributed by atoms with E-state index >= 15 is 0 Å². The molecule has 0 bridgehead atoms. The molecule has 1 atom stereocenters. The van der Waals surface area contributed by atoms with Gasteiger partial charge in [-0.05, 0) is 55.8 Å². The number of nitrogens with zero attached hydrogens (tertiary/aromatic N) is 2. The van der Waals surface area contributed by atoms with E-state index in [0.29, 0.717) is 10.6 Å². The Kier molecular flexibility index (Phi) is 8.70. The first-order chi connectivity index (χ1) is 17.1. The van der Waals surface area contributed by atoms with Crippen LogP contribution < -0.4 is 9.62 Å². The van der Waals surface area contributed by atoms with E-state index in [1.54, 1.807) is 37.3 Å². The van der Waals surface area contributed by atoms with Crippen molar-refractivity contribution >= 4 is 39.1 Å². The van der Waals surface area contributed by atoms with E-state index in [0.717, 1.165) is 9.21 Å². The second kappa shape index (κ2) is 11.5. The summed E-state index contributed by atoms with van der Waals surface area (Å²) in [6.45, 7) is 2.35. The van der Waals surface area contributed by atoms with Gasteiger partial charge in [0.05, 0.1) is 10.6 Å². The molecular weight excluding hydrogens is 505 g/mol. The molecule has 0 radical (unpaired) electrons. The van der Waals surface area contributed by atoms with Gasteiger partial charge in [0.1, 0.15) is 18.4 Å². The van der Waals surface area contributed by atoms with E-state index in [1.165, 1.54) is 56.4 Å². The number of nitrogens with one attached hydrogen (secondary N) is 1. The molecule has 0 unspecified atom stereocenters. The standard InChI is InChI=1S/C26H27ClFN3O4S/c1-18-15-21(27)13-14-24(18)31(36(34,35)22-10-5-4-6-11-22)17-25(32)30(19(2)26(33)29-3)16-20-9-7-8-12-23(20)28/h4-15,19H,16-17H2,1-3H3,(H,29,33)/t19-/m0/s1. The maximum Gasteiger partial charge on any atom is 0.264 e. The maximum absolute atomic E-state index is 14.4. The molecule has 10 heteroatoms. The number of sulfonamides is 1. The van der Waals surface area contributed by atoms with Crippen molar-refractivity contribution < 1.29 is 22.4 Å². The summed E-state index contributed by atoms with van der Waals surface area (Å²) in [4.78, 5) is 27.3. The van der Waals surface area contributed by atoms with Crippen molar-refractivity contribution in [1.82, 2.24) is 10.2 Å². The van der Waals surface area contributed by atoms with Crippen LogP contribution in [0.2, 0.25) is 5.02 Å². The van der Waals surface area contributed by atoms with E-state index in [2.05, 4.69) is 5.32 Å². The molecule has 0 aromatic heterocycles. The van der Waals surface area contributed by atoms with Gasteiger partial charge in [-0.25, -0.2) is 12.8 Å². The number of amides is 2. The fourth-order valence-electron chi connectivity index (χ4n) is 3.73. The van der Waals surface area contributed by atoms with Gasteiger partial charge in [0.25, 0.3) is 10.0 Å². The molecule has 0 aliphatic carbocycles. The van der Waals surface area contributed by atoms with Crippen LogP contribution in [-0.2, 0) is 26.2 Å². The van der Waals surface area contributed by atoms with E-state index in [4.69, 9.17) is 11.6 Å². The Morgan fingerprint density at radius 2 is 1.67 bits per heavy atom. The number of halogens is 2. The summed E-state index contributed by atoms with van der Waals surface area (Å²) in [6.07, 6.45) is 0. The molecular formula is C26H27ClFN3O4S. The molecule has 0 spiro atoms. The Morgan fingerprint density at radius 3 is 2.28 bits per heavy atom. The first kappa shape index (κ1) is 27.2. The van der Waals surface area contributed by atoms with Crippen LogP contribution in [0.4, 0.5) is 10.1 Å². The number of anilines is 1. The average molecular weight is 532 g/mol. The highest BCUT2D eigenvalue weighted by Gasteiger charge is 2.33. The van der Waals surface area contributed by atoms with Gasteiger partial charge < -0.3 is 10.2 Å². The van der Waals surface area contributed by atoms with Gasteiger partial charge in [-0.3, -0.25) is 13.9 Å². The molecule has 190 valence electrons. The third kappa shape index (κ3) is 6.03. The number of carbonyl (C=O) groups excluding carboxylic acids is 2. The molecule has 0 aliphatic heterocycles. The molecule has 0 aliphatic rings. The zero-order valence-corrected chi connectivity index (χ0v) is 21.7. The lowest BCUT2D eigenvalue weighted by Gasteiger charge is -2.32. The molecule has 3 aromatic carbocycles. The molecule has 36 heavy (non-hydrogen) atoms. The third-order valence-electron chi connectivity index (χ3n) is 5.75. The minimum absolute atomic E-state index is 0.00727. The highest BCUT2D eigenvalue weighted by atomic mass is 35.5. The number of rotatable bonds is 9. The van der Waals surface area contributed by atoms with Crippen LogP contribution in [0.15, 0.2) is 77.7 Å². The summed E-state index contributed by atoms with van der Waals surface area (Å²) in [5, 5.41) is 2.89. The van der Waals surface area contributed by atoms with Crippen molar-refractivity contribution in [2.24, 2.45) is 0 Å². The lowest BCUT2D eigenvalue weighted by Crippen LogP contribution is -2.51. The highest BCUT2D eigenvalue weighted by molar-refractivity contribution is 7.92. The van der Waals surface area contributed by atoms with E-state index in [-0.39, 0.29) is 22.7 Å². The van der Waals surface area contributed by atoms with Gasteiger partial charge in [-0.15, -0.1) is 0 Å². The third-order valence-corrected chi connectivity index (χ3v) is 7.76. The van der Waals surface area contributed by atoms with Crippen molar-refractivity contribution in [2.75, 3.05) is 17.9 Å². The Balaban J connectivity index is 2.07. The number of aryl methyl sites for hydroxylation is 1. The fraction of sp³-hybridized carbons (Fsp3) is 0.231. The molecule has 3 aromatic rings. The van der Waals surface area contributed by atoms with Crippen LogP contribution in [0.5, 0.6) is 0 Å². The Labute approximate surface area is 215 Å². The first-order valence-corrected chi connectivity index (χ1v) is 13.0. The minimum Gasteiger partial charge on any atom is -0.357 e. The summed E-state index contributed by atoms with van der Waals surface area (Å²) in [7, 11) is -2.76. The number of benzene rings is 3. The zero-order valence-electron chi connectivity index (χ0n) is 20.1. The van der Waals surface area contributed by atoms with Crippen molar-refractivity contribution in [2.45, 2.75) is 31.3 Å². The quantitative estimate of drug-likeness (QED) is 0.449. The molecule has 3 rings (SSSR count). The summed E-state index contributed by atoms with van der Waals surface area (Å²) < 4.78 is 42.8. The molecule has 0 heterocycles. The van der Waals surface area contributed by atoms with E-state index in [1.807, 2.05) is 0 Å². The van der Waals surface area contributed by atoms with Crippen LogP contribution in [0.3, 0.4) is 0 Å². The van der Waals surface area contributed by atoms with Crippen LogP contribution in [0.1, 0.15) is 18.1 Å². The zero-order chi connectivity index (χ0) is 26.5. The minimum atomic E-state index is -4.18. The van der Waals surface area contributed by atoms with E-state index < -0.39 is 40.2 Å². The van der Waals surface area contributed by atoms with Gasteiger partial charge in [-0.2, -0.15) is 0 Å². The molecule has 1 N–H and O–H groups in total.